The third kappa shape index (κ3) is 4.99. The SMILES string of the molecule is NC(=O)C=C([SiH](c1ccccc1)c1ccccc1)[SiH](c1ccccc1)c1ccccc1. The normalized spacial score (nSPS) is 10.8. The molecule has 0 heterocycles. The van der Waals surface area contributed by atoms with E-state index in [9.17, 15) is 4.79 Å². The first-order valence-electron chi connectivity index (χ1n) is 10.4. The Kier molecular flexibility index (Phi) is 6.72. The molecule has 0 aliphatic heterocycles. The molecule has 0 aliphatic rings. The van der Waals surface area contributed by atoms with Crippen molar-refractivity contribution in [3.05, 3.63) is 132 Å². The van der Waals surface area contributed by atoms with Gasteiger partial charge in [-0.15, -0.1) is 0 Å². The number of hydrogen-bond donors (Lipinski definition) is 1. The van der Waals surface area contributed by atoms with Gasteiger partial charge in [-0.05, 0) is 6.08 Å². The van der Waals surface area contributed by atoms with E-state index in [1.165, 1.54) is 25.6 Å². The van der Waals surface area contributed by atoms with Crippen molar-refractivity contribution in [2.45, 2.75) is 0 Å². The zero-order chi connectivity index (χ0) is 21.5. The summed E-state index contributed by atoms with van der Waals surface area (Å²) < 4.78 is 0. The fourth-order valence-electron chi connectivity index (χ4n) is 4.23. The standard InChI is InChI=1S/C27H25NOSi2/c28-26(29)21-27(30(22-13-5-1-6-14-22)23-15-7-2-8-16-23)31(24-17-9-3-10-18-24)25-19-11-4-12-20-25/h1-21,30-31H,(H2,28,29). The Hall–Kier alpha value is -3.48. The van der Waals surface area contributed by atoms with Crippen LogP contribution in [0, 0.1) is 0 Å². The lowest BCUT2D eigenvalue weighted by Crippen LogP contribution is -2.56. The van der Waals surface area contributed by atoms with E-state index in [-0.39, 0.29) is 5.91 Å². The summed E-state index contributed by atoms with van der Waals surface area (Å²) >= 11 is 0. The van der Waals surface area contributed by atoms with Crippen molar-refractivity contribution in [2.24, 2.45) is 5.73 Å². The first kappa shape index (κ1) is 20.8. The summed E-state index contributed by atoms with van der Waals surface area (Å²) in [6.07, 6.45) is 1.74. The molecule has 2 N–H and O–H groups in total. The van der Waals surface area contributed by atoms with Gasteiger partial charge in [0.25, 0.3) is 0 Å². The Morgan fingerprint density at radius 2 is 0.774 bits per heavy atom. The molecule has 0 saturated carbocycles. The van der Waals surface area contributed by atoms with Crippen LogP contribution >= 0.6 is 0 Å². The van der Waals surface area contributed by atoms with Crippen LogP contribution in [-0.4, -0.2) is 23.5 Å². The predicted molar refractivity (Wildman–Crippen MR) is 136 cm³/mol. The van der Waals surface area contributed by atoms with Gasteiger partial charge in [0.1, 0.15) is 17.6 Å². The maximum Gasteiger partial charge on any atom is 0.240 e. The maximum absolute atomic E-state index is 12.3. The summed E-state index contributed by atoms with van der Waals surface area (Å²) in [5, 5.41) is 5.19. The van der Waals surface area contributed by atoms with E-state index in [0.29, 0.717) is 0 Å². The number of hydrogen-bond acceptors (Lipinski definition) is 1. The molecule has 0 atom stereocenters. The summed E-state index contributed by atoms with van der Waals surface area (Å²) in [5.41, 5.74) is 5.81. The van der Waals surface area contributed by atoms with Crippen molar-refractivity contribution in [2.75, 3.05) is 0 Å². The molecule has 2 nitrogen and oxygen atoms in total. The highest BCUT2D eigenvalue weighted by atomic mass is 28.3. The van der Waals surface area contributed by atoms with Crippen LogP contribution in [-0.2, 0) is 4.79 Å². The number of rotatable bonds is 7. The first-order chi connectivity index (χ1) is 15.2. The molecule has 1 amide bonds. The van der Waals surface area contributed by atoms with Gasteiger partial charge in [-0.1, -0.05) is 147 Å². The van der Waals surface area contributed by atoms with Crippen molar-refractivity contribution >= 4 is 44.2 Å². The molecule has 0 spiro atoms. The van der Waals surface area contributed by atoms with Crippen molar-refractivity contribution in [1.29, 1.82) is 0 Å². The second kappa shape index (κ2) is 10.0. The summed E-state index contributed by atoms with van der Waals surface area (Å²) in [6.45, 7) is 0. The highest BCUT2D eigenvalue weighted by molar-refractivity contribution is 7.10. The molecule has 4 rings (SSSR count). The van der Waals surface area contributed by atoms with E-state index in [2.05, 4.69) is 97.1 Å². The lowest BCUT2D eigenvalue weighted by Gasteiger charge is -2.27. The van der Waals surface area contributed by atoms with Gasteiger partial charge in [0.05, 0.1) is 0 Å². The van der Waals surface area contributed by atoms with Gasteiger partial charge in [-0.3, -0.25) is 4.79 Å². The second-order valence-electron chi connectivity index (χ2n) is 7.56. The van der Waals surface area contributed by atoms with Crippen LogP contribution in [0.15, 0.2) is 132 Å². The molecule has 0 radical (unpaired) electrons. The van der Waals surface area contributed by atoms with Gasteiger partial charge in [0.15, 0.2) is 0 Å². The quantitative estimate of drug-likeness (QED) is 0.347. The lowest BCUT2D eigenvalue weighted by atomic mass is 10.4. The average molecular weight is 436 g/mol. The molecule has 4 aromatic rings. The van der Waals surface area contributed by atoms with Crippen LogP contribution in [0.3, 0.4) is 0 Å². The zero-order valence-corrected chi connectivity index (χ0v) is 19.6. The lowest BCUT2D eigenvalue weighted by molar-refractivity contribution is -0.113. The molecule has 0 bridgehead atoms. The van der Waals surface area contributed by atoms with Crippen LogP contribution in [0.1, 0.15) is 0 Å². The molecule has 4 heteroatoms. The largest absolute Gasteiger partial charge is 0.366 e. The number of nitrogens with two attached hydrogens (primary N) is 1. The molecule has 0 aromatic heterocycles. The number of carbonyl (C=O) groups is 1. The van der Waals surface area contributed by atoms with Gasteiger partial charge in [-0.25, -0.2) is 0 Å². The van der Waals surface area contributed by atoms with Crippen molar-refractivity contribution in [3.63, 3.8) is 0 Å². The van der Waals surface area contributed by atoms with E-state index in [0.717, 1.165) is 0 Å². The van der Waals surface area contributed by atoms with Crippen molar-refractivity contribution in [3.8, 4) is 0 Å². The Bertz CT molecular complexity index is 983. The van der Waals surface area contributed by atoms with Crippen LogP contribution in [0.4, 0.5) is 0 Å². The van der Waals surface area contributed by atoms with Crippen LogP contribution < -0.4 is 26.5 Å². The summed E-state index contributed by atoms with van der Waals surface area (Å²) in [5.74, 6) is -0.372. The van der Waals surface area contributed by atoms with E-state index >= 15 is 0 Å². The minimum absolute atomic E-state index is 0.372. The molecule has 0 aliphatic carbocycles. The van der Waals surface area contributed by atoms with E-state index in [4.69, 9.17) is 5.73 Å². The molecular weight excluding hydrogens is 410 g/mol. The number of primary amides is 1. The molecule has 0 unspecified atom stereocenters. The third-order valence-electron chi connectivity index (χ3n) is 5.51. The Labute approximate surface area is 186 Å². The molecule has 0 saturated heterocycles. The topological polar surface area (TPSA) is 43.1 Å². The first-order valence-corrected chi connectivity index (χ1v) is 13.9. The Morgan fingerprint density at radius 3 is 1.00 bits per heavy atom. The third-order valence-corrected chi connectivity index (χ3v) is 13.4. The van der Waals surface area contributed by atoms with Crippen LogP contribution in [0.2, 0.25) is 0 Å². The zero-order valence-electron chi connectivity index (χ0n) is 17.3. The molecular formula is C27H25NOSi2. The highest BCUT2D eigenvalue weighted by Crippen LogP contribution is 2.11. The van der Waals surface area contributed by atoms with Gasteiger partial charge < -0.3 is 5.73 Å². The fourth-order valence-corrected chi connectivity index (χ4v) is 13.3. The second-order valence-corrected chi connectivity index (χ2v) is 14.0. The molecule has 152 valence electrons. The van der Waals surface area contributed by atoms with Crippen LogP contribution in [0.5, 0.6) is 0 Å². The summed E-state index contributed by atoms with van der Waals surface area (Å²) in [6, 6.07) is 42.4. The van der Waals surface area contributed by atoms with Crippen LogP contribution in [0.25, 0.3) is 0 Å². The smallest absolute Gasteiger partial charge is 0.240 e. The summed E-state index contributed by atoms with van der Waals surface area (Å²) in [7, 11) is -3.79. The molecule has 0 fully saturated rings. The number of amides is 1. The predicted octanol–water partition coefficient (Wildman–Crippen LogP) is 1.56. The Balaban J connectivity index is 1.98. The van der Waals surface area contributed by atoms with Gasteiger partial charge in [0.2, 0.25) is 5.91 Å². The Morgan fingerprint density at radius 1 is 0.516 bits per heavy atom. The van der Waals surface area contributed by atoms with Crippen molar-refractivity contribution < 1.29 is 4.79 Å². The molecule has 31 heavy (non-hydrogen) atoms. The summed E-state index contributed by atoms with van der Waals surface area (Å²) in [4.78, 5) is 13.6. The average Bonchev–Trinajstić information content (AvgIpc) is 2.82. The maximum atomic E-state index is 12.3. The van der Waals surface area contributed by atoms with E-state index in [1.54, 1.807) is 6.08 Å². The minimum atomic E-state index is -1.90. The van der Waals surface area contributed by atoms with Gasteiger partial charge in [-0.2, -0.15) is 0 Å². The monoisotopic (exact) mass is 435 g/mol. The van der Waals surface area contributed by atoms with Gasteiger partial charge in [0, 0.05) is 0 Å². The highest BCUT2D eigenvalue weighted by Gasteiger charge is 2.31. The minimum Gasteiger partial charge on any atom is -0.366 e. The van der Waals surface area contributed by atoms with Gasteiger partial charge >= 0.3 is 0 Å². The van der Waals surface area contributed by atoms with E-state index in [1.807, 2.05) is 24.3 Å². The molecule has 4 aromatic carbocycles. The fraction of sp³-hybridized carbons (Fsp3) is 0. The van der Waals surface area contributed by atoms with Crippen molar-refractivity contribution in [1.82, 2.24) is 0 Å². The number of benzene rings is 4. The number of carbonyl (C=O) groups excluding carboxylic acids is 1. The van der Waals surface area contributed by atoms with E-state index < -0.39 is 17.6 Å².